The first kappa shape index (κ1) is 31.5. The first-order valence-electron chi connectivity index (χ1n) is 16.6. The van der Waals surface area contributed by atoms with Crippen LogP contribution in [0.15, 0.2) is 91.0 Å². The van der Waals surface area contributed by atoms with Gasteiger partial charge in [0.15, 0.2) is 0 Å². The van der Waals surface area contributed by atoms with Gasteiger partial charge in [0.05, 0.1) is 35.8 Å². The fraction of sp³-hybridized carbons (Fsp3) is 0.395. The van der Waals surface area contributed by atoms with Crippen LogP contribution in [0.25, 0.3) is 10.8 Å². The maximum Gasteiger partial charge on any atom is 0.251 e. The molecule has 7 atom stereocenters. The van der Waals surface area contributed by atoms with Crippen molar-refractivity contribution in [2.45, 2.75) is 49.3 Å². The Morgan fingerprint density at radius 2 is 1.60 bits per heavy atom. The van der Waals surface area contributed by atoms with E-state index in [1.54, 1.807) is 26.5 Å². The molecule has 1 spiro atoms. The van der Waals surface area contributed by atoms with E-state index in [9.17, 15) is 19.5 Å². The molecule has 7 rings (SSSR count). The summed E-state index contributed by atoms with van der Waals surface area (Å²) in [4.78, 5) is 49.7. The van der Waals surface area contributed by atoms with Crippen molar-refractivity contribution in [1.82, 2.24) is 4.90 Å². The molecule has 2 saturated heterocycles. The standard InChI is InChI=1S/C38H41N3O5S/c1-4-24(3)30(23-42)41-34-37(45)40(28-14-13-25-10-6-7-11-26(25)22-28)21-9-19-38(34)33(36(41)44)32-31(47-38)12-8-20-39(35(32)43)27-15-17-29(18-16-27)46-5-2/h6-19,22,24,30-34,42H,4-5,20-21,23H2,1-3H3/t24-,30-,31+,32-,33-,34?,38-/m0/s1. The molecule has 3 aromatic carbocycles. The lowest BCUT2D eigenvalue weighted by Crippen LogP contribution is -2.58. The van der Waals surface area contributed by atoms with E-state index in [2.05, 4.69) is 0 Å². The van der Waals surface area contributed by atoms with Crippen LogP contribution in [-0.2, 0) is 14.4 Å². The van der Waals surface area contributed by atoms with Crippen LogP contribution in [0.3, 0.4) is 0 Å². The lowest BCUT2D eigenvalue weighted by molar-refractivity contribution is -0.142. The van der Waals surface area contributed by atoms with Crippen molar-refractivity contribution < 1.29 is 24.2 Å². The molecule has 0 aromatic heterocycles. The summed E-state index contributed by atoms with van der Waals surface area (Å²) in [6.45, 7) is 6.97. The van der Waals surface area contributed by atoms with Crippen LogP contribution >= 0.6 is 11.8 Å². The second kappa shape index (κ2) is 12.5. The third-order valence-corrected chi connectivity index (χ3v) is 12.2. The molecule has 4 aliphatic heterocycles. The van der Waals surface area contributed by atoms with E-state index in [1.165, 1.54) is 0 Å². The van der Waals surface area contributed by atoms with E-state index >= 15 is 0 Å². The van der Waals surface area contributed by atoms with Gasteiger partial charge in [-0.3, -0.25) is 14.4 Å². The second-order valence-corrected chi connectivity index (χ2v) is 14.4. The summed E-state index contributed by atoms with van der Waals surface area (Å²) in [7, 11) is 0. The van der Waals surface area contributed by atoms with E-state index in [0.717, 1.165) is 34.3 Å². The number of likely N-dealkylation sites (tertiary alicyclic amines) is 1. The Kier molecular flexibility index (Phi) is 8.39. The fourth-order valence-corrected chi connectivity index (χ4v) is 9.94. The first-order valence-corrected chi connectivity index (χ1v) is 17.5. The molecule has 4 aliphatic rings. The molecule has 47 heavy (non-hydrogen) atoms. The Labute approximate surface area is 280 Å². The lowest BCUT2D eigenvalue weighted by atomic mass is 9.78. The molecule has 0 bridgehead atoms. The number of carbonyl (C=O) groups excluding carboxylic acids is 3. The van der Waals surface area contributed by atoms with E-state index in [1.807, 2.05) is 112 Å². The van der Waals surface area contributed by atoms with Crippen LogP contribution in [0.2, 0.25) is 0 Å². The zero-order valence-electron chi connectivity index (χ0n) is 27.0. The topological polar surface area (TPSA) is 90.4 Å². The van der Waals surface area contributed by atoms with Gasteiger partial charge in [0.1, 0.15) is 11.8 Å². The summed E-state index contributed by atoms with van der Waals surface area (Å²) in [6, 6.07) is 20.0. The van der Waals surface area contributed by atoms with Gasteiger partial charge in [0.25, 0.3) is 5.91 Å². The minimum atomic E-state index is -0.974. The van der Waals surface area contributed by atoms with Gasteiger partial charge in [-0.25, -0.2) is 0 Å². The summed E-state index contributed by atoms with van der Waals surface area (Å²) < 4.78 is 4.65. The van der Waals surface area contributed by atoms with Gasteiger partial charge in [-0.15, -0.1) is 11.8 Å². The molecule has 0 saturated carbocycles. The Bertz CT molecular complexity index is 1760. The molecule has 8 nitrogen and oxygen atoms in total. The lowest BCUT2D eigenvalue weighted by Gasteiger charge is -2.40. The van der Waals surface area contributed by atoms with Gasteiger partial charge in [-0.05, 0) is 60.0 Å². The van der Waals surface area contributed by atoms with Crippen LogP contribution in [0.5, 0.6) is 5.75 Å². The quantitative estimate of drug-likeness (QED) is 0.326. The number of anilines is 2. The van der Waals surface area contributed by atoms with Crippen molar-refractivity contribution in [3.8, 4) is 5.75 Å². The number of nitrogens with zero attached hydrogens (tertiary/aromatic N) is 3. The average Bonchev–Trinajstić information content (AvgIpc) is 3.40. The molecular formula is C38H41N3O5S. The Hall–Kier alpha value is -4.08. The van der Waals surface area contributed by atoms with Crippen molar-refractivity contribution in [3.63, 3.8) is 0 Å². The van der Waals surface area contributed by atoms with E-state index in [-0.39, 0.29) is 35.5 Å². The monoisotopic (exact) mass is 651 g/mol. The molecule has 1 unspecified atom stereocenters. The SMILES string of the molecule is CCOc1ccc(N2CC=C[C@H]3S[C@]45C=CCN(c6ccc7ccccc7c6)C(=O)C4N([C@@H](CO)[C@@H](C)CC)C(=O)[C@@H]5[C@H]3C2=O)cc1. The third-order valence-electron chi connectivity index (χ3n) is 10.4. The summed E-state index contributed by atoms with van der Waals surface area (Å²) in [5.41, 5.74) is 1.49. The van der Waals surface area contributed by atoms with Crippen LogP contribution in [0.1, 0.15) is 27.2 Å². The smallest absolute Gasteiger partial charge is 0.251 e. The largest absolute Gasteiger partial charge is 0.494 e. The van der Waals surface area contributed by atoms with Crippen molar-refractivity contribution in [3.05, 3.63) is 91.0 Å². The normalized spacial score (nSPS) is 28.2. The predicted octanol–water partition coefficient (Wildman–Crippen LogP) is 5.45. The molecule has 3 amide bonds. The third kappa shape index (κ3) is 5.06. The molecule has 0 aliphatic carbocycles. The summed E-state index contributed by atoms with van der Waals surface area (Å²) in [5.74, 6) is -1.32. The second-order valence-electron chi connectivity index (χ2n) is 12.9. The molecule has 0 radical (unpaired) electrons. The molecule has 2 fully saturated rings. The van der Waals surface area contributed by atoms with Crippen LogP contribution < -0.4 is 14.5 Å². The van der Waals surface area contributed by atoms with E-state index in [4.69, 9.17) is 4.74 Å². The minimum absolute atomic E-state index is 0.0557. The molecule has 9 heteroatoms. The number of thioether (sulfide) groups is 1. The number of aliphatic hydroxyl groups is 1. The molecule has 1 N–H and O–H groups in total. The summed E-state index contributed by atoms with van der Waals surface area (Å²) in [6.07, 6.45) is 8.80. The molecule has 244 valence electrons. The van der Waals surface area contributed by atoms with Crippen LogP contribution in [0, 0.1) is 17.8 Å². The van der Waals surface area contributed by atoms with Gasteiger partial charge in [0.2, 0.25) is 11.8 Å². The number of hydrogen-bond donors (Lipinski definition) is 1. The zero-order valence-corrected chi connectivity index (χ0v) is 27.8. The molecular weight excluding hydrogens is 611 g/mol. The highest BCUT2D eigenvalue weighted by atomic mass is 32.2. The molecule has 4 heterocycles. The van der Waals surface area contributed by atoms with Crippen LogP contribution in [0.4, 0.5) is 11.4 Å². The van der Waals surface area contributed by atoms with Gasteiger partial charge >= 0.3 is 0 Å². The van der Waals surface area contributed by atoms with Crippen molar-refractivity contribution >= 4 is 51.6 Å². The average molecular weight is 652 g/mol. The van der Waals surface area contributed by atoms with Crippen molar-refractivity contribution in [1.29, 1.82) is 0 Å². The van der Waals surface area contributed by atoms with Crippen molar-refractivity contribution in [2.75, 3.05) is 36.1 Å². The van der Waals surface area contributed by atoms with Gasteiger partial charge in [-0.1, -0.05) is 74.9 Å². The highest BCUT2D eigenvalue weighted by Crippen LogP contribution is 2.62. The van der Waals surface area contributed by atoms with Gasteiger partial charge in [-0.2, -0.15) is 0 Å². The van der Waals surface area contributed by atoms with E-state index < -0.39 is 28.7 Å². The number of carbonyl (C=O) groups is 3. The number of rotatable bonds is 8. The minimum Gasteiger partial charge on any atom is -0.494 e. The maximum atomic E-state index is 15.0. The predicted molar refractivity (Wildman–Crippen MR) is 187 cm³/mol. The number of ether oxygens (including phenoxy) is 1. The van der Waals surface area contributed by atoms with Gasteiger partial charge in [0, 0.05) is 29.7 Å². The zero-order chi connectivity index (χ0) is 32.9. The van der Waals surface area contributed by atoms with E-state index in [0.29, 0.717) is 19.7 Å². The molecule has 3 aromatic rings. The van der Waals surface area contributed by atoms with Crippen LogP contribution in [-0.4, -0.2) is 76.1 Å². The highest BCUT2D eigenvalue weighted by Gasteiger charge is 2.72. The Morgan fingerprint density at radius 1 is 0.894 bits per heavy atom. The number of amides is 3. The Balaban J connectivity index is 1.32. The number of fused-ring (bicyclic) bond motifs is 3. The Morgan fingerprint density at radius 3 is 2.32 bits per heavy atom. The number of benzene rings is 3. The summed E-state index contributed by atoms with van der Waals surface area (Å²) in [5, 5.41) is 12.6. The fourth-order valence-electron chi connectivity index (χ4n) is 7.95. The van der Waals surface area contributed by atoms with Gasteiger partial charge < -0.3 is 24.5 Å². The number of aliphatic hydroxyl groups excluding tert-OH is 1. The highest BCUT2D eigenvalue weighted by molar-refractivity contribution is 8.02. The maximum absolute atomic E-state index is 15.0. The first-order chi connectivity index (χ1) is 22.8. The number of hydrogen-bond acceptors (Lipinski definition) is 6. The van der Waals surface area contributed by atoms with Crippen molar-refractivity contribution in [2.24, 2.45) is 17.8 Å². The summed E-state index contributed by atoms with van der Waals surface area (Å²) >= 11 is 1.56.